The van der Waals surface area contributed by atoms with Crippen molar-refractivity contribution in [3.05, 3.63) is 65.7 Å². The summed E-state index contributed by atoms with van der Waals surface area (Å²) < 4.78 is 0. The highest BCUT2D eigenvalue weighted by molar-refractivity contribution is 7.08. The number of rotatable bonds is 6. The van der Waals surface area contributed by atoms with Gasteiger partial charge in [-0.25, -0.2) is 4.98 Å². The Bertz CT molecular complexity index is 1680. The molecule has 4 N–H and O–H groups in total. The minimum Gasteiger partial charge on any atom is -0.374 e. The van der Waals surface area contributed by atoms with Crippen molar-refractivity contribution >= 4 is 39.0 Å². The van der Waals surface area contributed by atoms with Crippen molar-refractivity contribution in [3.8, 4) is 33.9 Å². The Hall–Kier alpha value is -4.08. The molecule has 0 saturated heterocycles. The number of fused-ring (bicyclic) bond motifs is 2. The molecule has 0 spiro atoms. The van der Waals surface area contributed by atoms with E-state index in [0.29, 0.717) is 11.7 Å². The summed E-state index contributed by atoms with van der Waals surface area (Å²) in [5.74, 6) is 1.01. The molecule has 36 heavy (non-hydrogen) atoms. The van der Waals surface area contributed by atoms with E-state index in [-0.39, 0.29) is 0 Å². The van der Waals surface area contributed by atoms with Gasteiger partial charge >= 0.3 is 0 Å². The van der Waals surface area contributed by atoms with E-state index in [2.05, 4.69) is 53.4 Å². The number of hydrogen-bond acceptors (Lipinski definition) is 7. The van der Waals surface area contributed by atoms with Crippen molar-refractivity contribution in [1.82, 2.24) is 30.1 Å². The average molecular weight is 494 g/mol. The Labute approximate surface area is 210 Å². The van der Waals surface area contributed by atoms with Crippen molar-refractivity contribution < 1.29 is 5.11 Å². The van der Waals surface area contributed by atoms with Crippen molar-refractivity contribution in [3.63, 3.8) is 0 Å². The second-order valence-electron chi connectivity index (χ2n) is 9.23. The molecular formula is C27H23N7OS. The number of nitrogens with zero attached hydrogens (tertiary/aromatic N) is 4. The third-order valence-electron chi connectivity index (χ3n) is 6.96. The van der Waals surface area contributed by atoms with Crippen LogP contribution >= 0.6 is 11.3 Å². The molecule has 1 unspecified atom stereocenters. The Morgan fingerprint density at radius 1 is 1.06 bits per heavy atom. The third-order valence-corrected chi connectivity index (χ3v) is 7.64. The number of hydrogen-bond donors (Lipinski definition) is 4. The second-order valence-corrected chi connectivity index (χ2v) is 10.0. The molecule has 8 nitrogen and oxygen atoms in total. The molecule has 0 aliphatic heterocycles. The van der Waals surface area contributed by atoms with Crippen LogP contribution < -0.4 is 5.32 Å². The molecular weight excluding hydrogens is 470 g/mol. The fourth-order valence-corrected chi connectivity index (χ4v) is 5.41. The van der Waals surface area contributed by atoms with Crippen LogP contribution in [0.5, 0.6) is 0 Å². The van der Waals surface area contributed by atoms with E-state index in [1.807, 2.05) is 24.3 Å². The van der Waals surface area contributed by atoms with Crippen LogP contribution in [-0.2, 0) is 0 Å². The van der Waals surface area contributed by atoms with Crippen LogP contribution in [-0.4, -0.2) is 41.5 Å². The van der Waals surface area contributed by atoms with Crippen LogP contribution in [0.3, 0.4) is 0 Å². The molecule has 0 amide bonds. The minimum atomic E-state index is -0.557. The molecule has 5 heterocycles. The van der Waals surface area contributed by atoms with Crippen LogP contribution in [0.1, 0.15) is 19.3 Å². The fraction of sp³-hybridized carbons (Fsp3) is 0.185. The number of nitrogens with one attached hydrogen (secondary N) is 3. The monoisotopic (exact) mass is 493 g/mol. The van der Waals surface area contributed by atoms with Crippen LogP contribution in [0, 0.1) is 5.92 Å². The lowest BCUT2D eigenvalue weighted by Gasteiger charge is -2.31. The molecule has 1 aliphatic carbocycles. The molecule has 1 saturated carbocycles. The molecule has 6 aromatic rings. The van der Waals surface area contributed by atoms with E-state index in [1.165, 1.54) is 6.42 Å². The quantitative estimate of drug-likeness (QED) is 0.217. The topological polar surface area (TPSA) is 115 Å². The first kappa shape index (κ1) is 21.2. The fourth-order valence-electron chi connectivity index (χ4n) is 4.75. The zero-order chi connectivity index (χ0) is 24.1. The number of aliphatic hydroxyl groups excluding tert-OH is 1. The molecule has 9 heteroatoms. The number of thiophene rings is 1. The molecule has 7 rings (SSSR count). The van der Waals surface area contributed by atoms with Gasteiger partial charge in [-0.2, -0.15) is 16.4 Å². The van der Waals surface area contributed by atoms with Gasteiger partial charge < -0.3 is 15.4 Å². The SMILES string of the molecule is OC(Nc1cncc(-c2cc3c(-c4nc5c(-c6ccsc6)cccc5[nH]4)n[nH]c3cn2)c1)C1CCC1. The van der Waals surface area contributed by atoms with E-state index >= 15 is 0 Å². The van der Waals surface area contributed by atoms with E-state index in [9.17, 15) is 5.11 Å². The Kier molecular flexibility index (Phi) is 5.04. The summed E-state index contributed by atoms with van der Waals surface area (Å²) in [6.07, 6.45) is 8.02. The summed E-state index contributed by atoms with van der Waals surface area (Å²) in [5, 5.41) is 26.4. The maximum absolute atomic E-state index is 10.4. The predicted molar refractivity (Wildman–Crippen MR) is 142 cm³/mol. The lowest BCUT2D eigenvalue weighted by molar-refractivity contribution is 0.0851. The highest BCUT2D eigenvalue weighted by Crippen LogP contribution is 2.34. The largest absolute Gasteiger partial charge is 0.374 e. The lowest BCUT2D eigenvalue weighted by atomic mass is 9.84. The zero-order valence-electron chi connectivity index (χ0n) is 19.3. The van der Waals surface area contributed by atoms with Crippen molar-refractivity contribution in [1.29, 1.82) is 0 Å². The number of anilines is 1. The molecule has 1 aromatic carbocycles. The van der Waals surface area contributed by atoms with Crippen LogP contribution in [0.2, 0.25) is 0 Å². The average Bonchev–Trinajstić information content (AvgIpc) is 3.61. The minimum absolute atomic E-state index is 0.306. The maximum Gasteiger partial charge on any atom is 0.159 e. The van der Waals surface area contributed by atoms with Crippen LogP contribution in [0.4, 0.5) is 5.69 Å². The van der Waals surface area contributed by atoms with Gasteiger partial charge in [0, 0.05) is 28.6 Å². The standard InChI is InChI=1S/C27H23N7OS/c35-27(15-3-1-4-15)30-18-9-17(11-28-12-18)22-10-20-23(13-29-22)33-34-25(20)26-31-21-6-2-5-19(24(21)32-26)16-7-8-36-14-16/h2,5-15,27,30,35H,1,3-4H2,(H,31,32)(H,33,34). The van der Waals surface area contributed by atoms with Gasteiger partial charge in [0.2, 0.25) is 0 Å². The summed E-state index contributed by atoms with van der Waals surface area (Å²) in [7, 11) is 0. The highest BCUT2D eigenvalue weighted by atomic mass is 32.1. The number of aromatic nitrogens is 6. The first-order valence-electron chi connectivity index (χ1n) is 12.0. The number of para-hydroxylation sites is 1. The molecule has 1 fully saturated rings. The van der Waals surface area contributed by atoms with Gasteiger partial charge in [0.25, 0.3) is 0 Å². The van der Waals surface area contributed by atoms with E-state index in [4.69, 9.17) is 4.98 Å². The van der Waals surface area contributed by atoms with Crippen molar-refractivity contribution in [2.75, 3.05) is 5.32 Å². The smallest absolute Gasteiger partial charge is 0.159 e. The molecule has 1 atom stereocenters. The third kappa shape index (κ3) is 3.64. The summed E-state index contributed by atoms with van der Waals surface area (Å²) in [6.45, 7) is 0. The van der Waals surface area contributed by atoms with Gasteiger partial charge in [0.15, 0.2) is 5.82 Å². The molecule has 0 bridgehead atoms. The van der Waals surface area contributed by atoms with Crippen LogP contribution in [0.25, 0.3) is 55.8 Å². The number of aliphatic hydroxyl groups is 1. The lowest BCUT2D eigenvalue weighted by Crippen LogP contribution is -2.33. The predicted octanol–water partition coefficient (Wildman–Crippen LogP) is 5.82. The van der Waals surface area contributed by atoms with Crippen molar-refractivity contribution in [2.24, 2.45) is 5.92 Å². The van der Waals surface area contributed by atoms with Gasteiger partial charge in [-0.3, -0.25) is 15.1 Å². The van der Waals surface area contributed by atoms with E-state index < -0.39 is 6.23 Å². The summed E-state index contributed by atoms with van der Waals surface area (Å²) >= 11 is 1.67. The number of imidazole rings is 1. The summed E-state index contributed by atoms with van der Waals surface area (Å²) in [5.41, 5.74) is 8.12. The Morgan fingerprint density at radius 3 is 2.83 bits per heavy atom. The number of pyridine rings is 2. The summed E-state index contributed by atoms with van der Waals surface area (Å²) in [4.78, 5) is 17.4. The zero-order valence-corrected chi connectivity index (χ0v) is 20.1. The van der Waals surface area contributed by atoms with Gasteiger partial charge in [-0.1, -0.05) is 18.6 Å². The number of benzene rings is 1. The normalized spacial score (nSPS) is 14.8. The Morgan fingerprint density at radius 2 is 2.00 bits per heavy atom. The first-order chi connectivity index (χ1) is 17.7. The Balaban J connectivity index is 1.26. The second kappa shape index (κ2) is 8.54. The van der Waals surface area contributed by atoms with Gasteiger partial charge in [-0.05, 0) is 53.4 Å². The van der Waals surface area contributed by atoms with E-state index in [0.717, 1.165) is 68.5 Å². The van der Waals surface area contributed by atoms with Crippen LogP contribution in [0.15, 0.2) is 65.7 Å². The maximum atomic E-state index is 10.4. The van der Waals surface area contributed by atoms with Gasteiger partial charge in [-0.15, -0.1) is 0 Å². The molecule has 178 valence electrons. The van der Waals surface area contributed by atoms with Crippen molar-refractivity contribution in [2.45, 2.75) is 25.5 Å². The molecule has 5 aromatic heterocycles. The summed E-state index contributed by atoms with van der Waals surface area (Å²) in [6, 6.07) is 12.2. The first-order valence-corrected chi connectivity index (χ1v) is 12.9. The van der Waals surface area contributed by atoms with Gasteiger partial charge in [0.05, 0.1) is 40.3 Å². The highest BCUT2D eigenvalue weighted by Gasteiger charge is 2.25. The molecule has 0 radical (unpaired) electrons. The van der Waals surface area contributed by atoms with Gasteiger partial charge in [0.1, 0.15) is 11.9 Å². The number of aromatic amines is 2. The molecule has 1 aliphatic rings. The number of H-pyrrole nitrogens is 2. The van der Waals surface area contributed by atoms with E-state index in [1.54, 1.807) is 29.9 Å².